The number of anilines is 2. The van der Waals surface area contributed by atoms with Gasteiger partial charge >= 0.3 is 12.1 Å². The molecule has 5 aliphatic heterocycles. The van der Waals surface area contributed by atoms with Crippen LogP contribution < -0.4 is 19.9 Å². The lowest BCUT2D eigenvalue weighted by Crippen LogP contribution is -2.60. The van der Waals surface area contributed by atoms with Gasteiger partial charge < -0.3 is 39.1 Å². The lowest BCUT2D eigenvalue weighted by Gasteiger charge is -2.54. The fourth-order valence-electron chi connectivity index (χ4n) is 13.7. The number of benzene rings is 4. The highest BCUT2D eigenvalue weighted by atomic mass is 19.2. The number of halogens is 5. The molecule has 5 saturated heterocycles. The number of nitrogens with zero attached hydrogens (tertiary/aromatic N) is 9. The number of fused-ring (bicyclic) bond motifs is 4. The van der Waals surface area contributed by atoms with Crippen molar-refractivity contribution >= 4 is 51.2 Å². The molecule has 0 saturated carbocycles. The standard InChI is InChI=1S/C66H69F5N10O7/c1-8-45-48(68)18-15-40-26-44(82)29-46(55(40)45)58-57(71)59-47(31-72-58)60(78-32-42-16-17-43(33-78)81(42)64(85)87-65(5,6)7)75-63(74-59)86-25-24-77-22-19-66(20-23-77)34-79(35-66)53-30-52(88-76-53)54(36(2)3)62(84)80-21-9-10-51(80)61(83)73-37(4)38-11-13-39(14-12-38)56-49(69)27-41(67)28-50(56)70/h1,11-15,18,26-31,36-37,42-43,51,54,82H,9-10,16-17,19-25,32-35H2,2-7H3,(H,73,83). The second-order valence-corrected chi connectivity index (χ2v) is 25.5. The van der Waals surface area contributed by atoms with E-state index in [0.29, 0.717) is 84.9 Å². The zero-order valence-electron chi connectivity index (χ0n) is 49.9. The predicted octanol–water partition coefficient (Wildman–Crippen LogP) is 11.1. The van der Waals surface area contributed by atoms with Crippen LogP contribution in [0.4, 0.5) is 38.4 Å². The molecule has 88 heavy (non-hydrogen) atoms. The van der Waals surface area contributed by atoms with Crippen LogP contribution in [0, 0.1) is 52.8 Å². The number of nitrogens with one attached hydrogen (secondary N) is 1. The van der Waals surface area contributed by atoms with Crippen LogP contribution in [-0.2, 0) is 14.3 Å². The van der Waals surface area contributed by atoms with Crippen LogP contribution in [0.2, 0.25) is 0 Å². The Morgan fingerprint density at radius 3 is 2.25 bits per heavy atom. The number of aromatic nitrogens is 4. The molecule has 3 aromatic heterocycles. The van der Waals surface area contributed by atoms with Gasteiger partial charge in [0.1, 0.15) is 70.2 Å². The van der Waals surface area contributed by atoms with Crippen molar-refractivity contribution in [3.05, 3.63) is 119 Å². The summed E-state index contributed by atoms with van der Waals surface area (Å²) in [6.07, 6.45) is 11.3. The second kappa shape index (κ2) is 23.5. The average Bonchev–Trinajstić information content (AvgIpc) is 1.27. The Kier molecular flexibility index (Phi) is 16.0. The van der Waals surface area contributed by atoms with E-state index in [9.17, 15) is 32.7 Å². The average molecular weight is 1210 g/mol. The molecule has 17 nitrogen and oxygen atoms in total. The highest BCUT2D eigenvalue weighted by Gasteiger charge is 2.48. The number of phenols is 1. The number of hydrogen-bond acceptors (Lipinski definition) is 14. The normalized spacial score (nSPS) is 20.0. The van der Waals surface area contributed by atoms with Gasteiger partial charge in [-0.05, 0) is 120 Å². The quantitative estimate of drug-likeness (QED) is 0.0775. The van der Waals surface area contributed by atoms with E-state index >= 15 is 8.78 Å². The maximum Gasteiger partial charge on any atom is 0.410 e. The molecular formula is C66H69F5N10O7. The summed E-state index contributed by atoms with van der Waals surface area (Å²) in [6.45, 7) is 16.1. The molecule has 460 valence electrons. The summed E-state index contributed by atoms with van der Waals surface area (Å²) >= 11 is 0. The van der Waals surface area contributed by atoms with E-state index in [2.05, 4.69) is 36.2 Å². The number of amides is 3. The van der Waals surface area contributed by atoms with E-state index < -0.39 is 52.7 Å². The van der Waals surface area contributed by atoms with E-state index in [4.69, 9.17) is 25.4 Å². The van der Waals surface area contributed by atoms with E-state index in [1.165, 1.54) is 42.6 Å². The summed E-state index contributed by atoms with van der Waals surface area (Å²) in [5.41, 5.74) is -0.403. The lowest BCUT2D eigenvalue weighted by molar-refractivity contribution is -0.141. The van der Waals surface area contributed by atoms with Crippen LogP contribution in [0.1, 0.15) is 109 Å². The van der Waals surface area contributed by atoms with Crippen molar-refractivity contribution in [3.8, 4) is 46.5 Å². The number of piperazine rings is 1. The summed E-state index contributed by atoms with van der Waals surface area (Å²) < 4.78 is 93.2. The Bertz CT molecular complexity index is 3870. The Balaban J connectivity index is 0.686. The first-order chi connectivity index (χ1) is 42.0. The highest BCUT2D eigenvalue weighted by molar-refractivity contribution is 6.03. The Morgan fingerprint density at radius 2 is 1.58 bits per heavy atom. The number of terminal acetylenes is 1. The van der Waals surface area contributed by atoms with Gasteiger partial charge in [0, 0.05) is 80.0 Å². The van der Waals surface area contributed by atoms with Crippen LogP contribution >= 0.6 is 0 Å². The van der Waals surface area contributed by atoms with E-state index in [1.54, 1.807) is 28.9 Å². The highest BCUT2D eigenvalue weighted by Crippen LogP contribution is 2.45. The molecule has 2 N–H and O–H groups in total. The van der Waals surface area contributed by atoms with Crippen LogP contribution in [0.15, 0.2) is 77.4 Å². The Labute approximate surface area is 506 Å². The van der Waals surface area contributed by atoms with Crippen molar-refractivity contribution < 1.29 is 55.4 Å². The van der Waals surface area contributed by atoms with Crippen LogP contribution in [0.5, 0.6) is 11.8 Å². The zero-order chi connectivity index (χ0) is 62.1. The molecule has 3 amide bonds. The lowest BCUT2D eigenvalue weighted by atomic mass is 9.72. The van der Waals surface area contributed by atoms with Crippen LogP contribution in [0.25, 0.3) is 44.1 Å². The maximum absolute atomic E-state index is 17.4. The summed E-state index contributed by atoms with van der Waals surface area (Å²) in [5, 5.41) is 19.2. The fourth-order valence-corrected chi connectivity index (χ4v) is 13.7. The Morgan fingerprint density at radius 1 is 0.875 bits per heavy atom. The number of carbonyl (C=O) groups excluding carboxylic acids is 3. The summed E-state index contributed by atoms with van der Waals surface area (Å²) in [6, 6.07) is 13.1. The number of rotatable bonds is 14. The van der Waals surface area contributed by atoms with Gasteiger partial charge in [-0.25, -0.2) is 26.7 Å². The number of hydrogen-bond donors (Lipinski definition) is 2. The first-order valence-corrected chi connectivity index (χ1v) is 30.0. The van der Waals surface area contributed by atoms with Gasteiger partial charge in [0.25, 0.3) is 0 Å². The van der Waals surface area contributed by atoms with E-state index in [1.807, 2.05) is 45.6 Å². The van der Waals surface area contributed by atoms with E-state index in [-0.39, 0.29) is 98.5 Å². The van der Waals surface area contributed by atoms with Gasteiger partial charge in [-0.3, -0.25) is 24.4 Å². The largest absolute Gasteiger partial charge is 0.508 e. The molecule has 4 aromatic carbocycles. The molecule has 22 heteroatoms. The first kappa shape index (κ1) is 59.7. The number of aromatic hydroxyl groups is 1. The second-order valence-electron chi connectivity index (χ2n) is 25.5. The fraction of sp³-hybridized carbons (Fsp3) is 0.439. The smallest absolute Gasteiger partial charge is 0.410 e. The third kappa shape index (κ3) is 11.5. The number of likely N-dealkylation sites (tertiary alicyclic amines) is 2. The van der Waals surface area contributed by atoms with Gasteiger partial charge in [0.2, 0.25) is 11.8 Å². The molecule has 2 bridgehead atoms. The number of piperidine rings is 1. The zero-order valence-corrected chi connectivity index (χ0v) is 49.9. The molecule has 8 heterocycles. The molecule has 7 aromatic rings. The minimum absolute atomic E-state index is 0.0393. The van der Waals surface area contributed by atoms with Crippen LogP contribution in [-0.4, -0.2) is 141 Å². The molecule has 5 fully saturated rings. The van der Waals surface area contributed by atoms with Gasteiger partial charge in [-0.1, -0.05) is 55.3 Å². The van der Waals surface area contributed by atoms with Crippen molar-refractivity contribution in [2.75, 3.05) is 68.8 Å². The van der Waals surface area contributed by atoms with Crippen molar-refractivity contribution in [1.29, 1.82) is 0 Å². The van der Waals surface area contributed by atoms with Crippen molar-refractivity contribution in [2.24, 2.45) is 11.3 Å². The van der Waals surface area contributed by atoms with Crippen LogP contribution in [0.3, 0.4) is 0 Å². The van der Waals surface area contributed by atoms with Crippen molar-refractivity contribution in [2.45, 2.75) is 116 Å². The van der Waals surface area contributed by atoms with Gasteiger partial charge in [-0.2, -0.15) is 9.97 Å². The van der Waals surface area contributed by atoms with E-state index in [0.717, 1.165) is 51.9 Å². The van der Waals surface area contributed by atoms with Gasteiger partial charge in [0.05, 0.1) is 34.6 Å². The summed E-state index contributed by atoms with van der Waals surface area (Å²) in [7, 11) is 0. The minimum atomic E-state index is -1.02. The molecule has 5 atom stereocenters. The Hall–Kier alpha value is -8.58. The van der Waals surface area contributed by atoms with Gasteiger partial charge in [-0.15, -0.1) is 6.42 Å². The molecule has 0 radical (unpaired) electrons. The molecule has 5 aliphatic rings. The summed E-state index contributed by atoms with van der Waals surface area (Å²) in [4.78, 5) is 65.7. The third-order valence-electron chi connectivity index (χ3n) is 18.1. The summed E-state index contributed by atoms with van der Waals surface area (Å²) in [5.74, 6) is -2.35. The third-order valence-corrected chi connectivity index (χ3v) is 18.1. The number of carbonyl (C=O) groups is 3. The molecule has 0 aliphatic carbocycles. The minimum Gasteiger partial charge on any atom is -0.508 e. The molecule has 1 spiro atoms. The van der Waals surface area contributed by atoms with Crippen molar-refractivity contribution in [3.63, 3.8) is 0 Å². The maximum atomic E-state index is 17.4. The number of pyridine rings is 1. The molecular weight excluding hydrogens is 1140 g/mol. The molecule has 5 unspecified atom stereocenters. The SMILES string of the molecule is C#Cc1c(F)ccc2cc(O)cc(-c3ncc4c(N5CC6CCC(C5)N6C(=O)OC(C)(C)C)nc(OCCN5CCC6(CC5)CN(c5cc(C(C(=O)N7CCCC7C(=O)NC(C)c7ccc(-c8c(F)cc(F)cc8F)cc7)C(C)C)on5)C6)nc4c3F)c12. The monoisotopic (exact) mass is 1210 g/mol. The number of ether oxygens (including phenoxy) is 2. The van der Waals surface area contributed by atoms with Crippen molar-refractivity contribution in [1.82, 2.24) is 40.1 Å². The number of phenolic OH excluding ortho intramolecular Hbond substituents is 1. The van der Waals surface area contributed by atoms with Gasteiger partial charge in [0.15, 0.2) is 17.4 Å². The topological polar surface area (TPSA) is 183 Å². The predicted molar refractivity (Wildman–Crippen MR) is 320 cm³/mol. The first-order valence-electron chi connectivity index (χ1n) is 30.0. The molecule has 12 rings (SSSR count).